The molecule has 0 aromatic carbocycles. The van der Waals surface area contributed by atoms with E-state index in [1.165, 1.54) is 0 Å². The summed E-state index contributed by atoms with van der Waals surface area (Å²) in [4.78, 5) is 25.2. The number of carboxylic acids is 1. The largest absolute Gasteiger partial charge is 0.480 e. The molecule has 96 valence electrons. The minimum Gasteiger partial charge on any atom is -0.480 e. The predicted octanol–water partition coefficient (Wildman–Crippen LogP) is 1.89. The van der Waals surface area contributed by atoms with Gasteiger partial charge in [-0.2, -0.15) is 0 Å². The Balaban J connectivity index is 2.08. The minimum absolute atomic E-state index is 0.0648. The Kier molecular flexibility index (Phi) is 3.69. The highest BCUT2D eigenvalue weighted by Crippen LogP contribution is 2.34. The monoisotopic (exact) mass is 239 g/mol. The second kappa shape index (κ2) is 5.07. The van der Waals surface area contributed by atoms with Gasteiger partial charge in [0.25, 0.3) is 0 Å². The normalized spacial score (nSPS) is 33.7. The van der Waals surface area contributed by atoms with Crippen LogP contribution in [-0.4, -0.2) is 34.5 Å². The molecule has 17 heavy (non-hydrogen) atoms. The second-order valence-corrected chi connectivity index (χ2v) is 5.40. The summed E-state index contributed by atoms with van der Waals surface area (Å²) in [6.45, 7) is 2.73. The standard InChI is InChI=1S/C13H21NO3/c1-9-5-4-6-10(9)12(15)14-8-3-2-7-11(14)13(16)17/h9-11H,2-8H2,1H3,(H,16,17)/t9?,10?,11-/m0/s1. The number of carboxylic acid groups (broad SMARTS) is 1. The van der Waals surface area contributed by atoms with Crippen LogP contribution in [0.4, 0.5) is 0 Å². The highest BCUT2D eigenvalue weighted by atomic mass is 16.4. The lowest BCUT2D eigenvalue weighted by Gasteiger charge is -2.35. The third-order valence-electron chi connectivity index (χ3n) is 4.25. The number of carbonyl (C=O) groups is 2. The molecule has 1 aliphatic heterocycles. The van der Waals surface area contributed by atoms with Crippen LogP contribution < -0.4 is 0 Å². The van der Waals surface area contributed by atoms with Crippen molar-refractivity contribution in [3.05, 3.63) is 0 Å². The van der Waals surface area contributed by atoms with Crippen molar-refractivity contribution in [2.45, 2.75) is 51.5 Å². The highest BCUT2D eigenvalue weighted by Gasteiger charge is 2.38. The molecule has 1 saturated heterocycles. The number of aliphatic carboxylic acids is 1. The quantitative estimate of drug-likeness (QED) is 0.800. The van der Waals surface area contributed by atoms with E-state index in [4.69, 9.17) is 0 Å². The van der Waals surface area contributed by atoms with E-state index in [-0.39, 0.29) is 11.8 Å². The number of piperidine rings is 1. The van der Waals surface area contributed by atoms with E-state index in [9.17, 15) is 14.7 Å². The molecule has 2 aliphatic rings. The summed E-state index contributed by atoms with van der Waals surface area (Å²) in [7, 11) is 0. The van der Waals surface area contributed by atoms with Gasteiger partial charge in [0.05, 0.1) is 0 Å². The summed E-state index contributed by atoms with van der Waals surface area (Å²) in [6.07, 6.45) is 5.60. The highest BCUT2D eigenvalue weighted by molar-refractivity contribution is 5.85. The maximum atomic E-state index is 12.4. The van der Waals surface area contributed by atoms with E-state index in [1.54, 1.807) is 4.90 Å². The summed E-state index contributed by atoms with van der Waals surface area (Å²) in [5.74, 6) is -0.278. The summed E-state index contributed by atoms with van der Waals surface area (Å²) in [5.41, 5.74) is 0. The van der Waals surface area contributed by atoms with E-state index in [0.717, 1.165) is 32.1 Å². The van der Waals surface area contributed by atoms with Gasteiger partial charge in [0.1, 0.15) is 6.04 Å². The van der Waals surface area contributed by atoms with Gasteiger partial charge in [0.2, 0.25) is 5.91 Å². The van der Waals surface area contributed by atoms with Crippen molar-refractivity contribution in [3.8, 4) is 0 Å². The predicted molar refractivity (Wildman–Crippen MR) is 63.5 cm³/mol. The van der Waals surface area contributed by atoms with Crippen molar-refractivity contribution in [2.75, 3.05) is 6.54 Å². The molecular formula is C13H21NO3. The Morgan fingerprint density at radius 2 is 1.88 bits per heavy atom. The van der Waals surface area contributed by atoms with Crippen LogP contribution in [0.15, 0.2) is 0 Å². The van der Waals surface area contributed by atoms with Gasteiger partial charge in [-0.25, -0.2) is 4.79 Å². The average molecular weight is 239 g/mol. The summed E-state index contributed by atoms with van der Waals surface area (Å²) in [6, 6.07) is -0.580. The number of nitrogens with zero attached hydrogens (tertiary/aromatic N) is 1. The Morgan fingerprint density at radius 3 is 2.47 bits per heavy atom. The summed E-state index contributed by atoms with van der Waals surface area (Å²) < 4.78 is 0. The SMILES string of the molecule is CC1CCCC1C(=O)N1CCCC[C@H]1C(=O)O. The van der Waals surface area contributed by atoms with Crippen molar-refractivity contribution in [2.24, 2.45) is 11.8 Å². The third-order valence-corrected chi connectivity index (χ3v) is 4.25. The maximum absolute atomic E-state index is 12.4. The van der Waals surface area contributed by atoms with Crippen molar-refractivity contribution >= 4 is 11.9 Å². The van der Waals surface area contributed by atoms with Crippen LogP contribution in [0.1, 0.15) is 45.4 Å². The van der Waals surface area contributed by atoms with Gasteiger partial charge >= 0.3 is 5.97 Å². The van der Waals surface area contributed by atoms with E-state index in [2.05, 4.69) is 6.92 Å². The second-order valence-electron chi connectivity index (χ2n) is 5.40. The van der Waals surface area contributed by atoms with Crippen LogP contribution >= 0.6 is 0 Å². The summed E-state index contributed by atoms with van der Waals surface area (Å²) in [5, 5.41) is 9.17. The Bertz CT molecular complexity index is 316. The van der Waals surface area contributed by atoms with Crippen LogP contribution in [0.3, 0.4) is 0 Å². The lowest BCUT2D eigenvalue weighted by atomic mass is 9.93. The van der Waals surface area contributed by atoms with E-state index in [0.29, 0.717) is 18.9 Å². The van der Waals surface area contributed by atoms with Gasteiger partial charge in [-0.05, 0) is 38.0 Å². The molecule has 2 unspecified atom stereocenters. The molecule has 0 aromatic heterocycles. The molecule has 1 heterocycles. The fourth-order valence-corrected chi connectivity index (χ4v) is 3.18. The van der Waals surface area contributed by atoms with Gasteiger partial charge < -0.3 is 10.0 Å². The van der Waals surface area contributed by atoms with Crippen molar-refractivity contribution in [1.82, 2.24) is 4.90 Å². The molecule has 2 fully saturated rings. The number of hydrogen-bond acceptors (Lipinski definition) is 2. The fraction of sp³-hybridized carbons (Fsp3) is 0.846. The first-order valence-electron chi connectivity index (χ1n) is 6.64. The Labute approximate surface area is 102 Å². The zero-order chi connectivity index (χ0) is 12.4. The topological polar surface area (TPSA) is 57.6 Å². The first kappa shape index (κ1) is 12.4. The molecule has 1 saturated carbocycles. The third kappa shape index (κ3) is 2.45. The number of rotatable bonds is 2. The molecule has 4 heteroatoms. The number of carbonyl (C=O) groups excluding carboxylic acids is 1. The van der Waals surface area contributed by atoms with E-state index >= 15 is 0 Å². The van der Waals surface area contributed by atoms with Crippen LogP contribution in [-0.2, 0) is 9.59 Å². The molecule has 3 atom stereocenters. The summed E-state index contributed by atoms with van der Waals surface area (Å²) >= 11 is 0. The van der Waals surface area contributed by atoms with Crippen molar-refractivity contribution in [3.63, 3.8) is 0 Å². The molecular weight excluding hydrogens is 218 g/mol. The van der Waals surface area contributed by atoms with Gasteiger partial charge in [-0.3, -0.25) is 4.79 Å². The molecule has 1 aliphatic carbocycles. The lowest BCUT2D eigenvalue weighted by molar-refractivity contribution is -0.154. The van der Waals surface area contributed by atoms with Crippen LogP contribution in [0.2, 0.25) is 0 Å². The molecule has 1 N–H and O–H groups in total. The number of likely N-dealkylation sites (tertiary alicyclic amines) is 1. The zero-order valence-electron chi connectivity index (χ0n) is 10.4. The van der Waals surface area contributed by atoms with E-state index in [1.807, 2.05) is 0 Å². The number of amides is 1. The van der Waals surface area contributed by atoms with Gasteiger partial charge in [-0.15, -0.1) is 0 Å². The first-order valence-corrected chi connectivity index (χ1v) is 6.64. The Hall–Kier alpha value is -1.06. The van der Waals surface area contributed by atoms with E-state index < -0.39 is 12.0 Å². The van der Waals surface area contributed by atoms with Gasteiger partial charge in [0, 0.05) is 12.5 Å². The maximum Gasteiger partial charge on any atom is 0.326 e. The Morgan fingerprint density at radius 1 is 1.12 bits per heavy atom. The molecule has 0 aromatic rings. The zero-order valence-corrected chi connectivity index (χ0v) is 10.4. The lowest BCUT2D eigenvalue weighted by Crippen LogP contribution is -2.50. The molecule has 4 nitrogen and oxygen atoms in total. The van der Waals surface area contributed by atoms with Crippen molar-refractivity contribution < 1.29 is 14.7 Å². The fourth-order valence-electron chi connectivity index (χ4n) is 3.18. The van der Waals surface area contributed by atoms with Crippen LogP contribution in [0.5, 0.6) is 0 Å². The molecule has 0 spiro atoms. The van der Waals surface area contributed by atoms with Crippen LogP contribution in [0.25, 0.3) is 0 Å². The molecule has 0 radical (unpaired) electrons. The van der Waals surface area contributed by atoms with Gasteiger partial charge in [0.15, 0.2) is 0 Å². The first-order chi connectivity index (χ1) is 8.11. The van der Waals surface area contributed by atoms with Crippen LogP contribution in [0, 0.1) is 11.8 Å². The average Bonchev–Trinajstić information content (AvgIpc) is 2.74. The minimum atomic E-state index is -0.844. The molecule has 0 bridgehead atoms. The smallest absolute Gasteiger partial charge is 0.326 e. The van der Waals surface area contributed by atoms with Crippen molar-refractivity contribution in [1.29, 1.82) is 0 Å². The number of hydrogen-bond donors (Lipinski definition) is 1. The molecule has 2 rings (SSSR count). The molecule has 1 amide bonds. The van der Waals surface area contributed by atoms with Gasteiger partial charge in [-0.1, -0.05) is 13.3 Å².